The lowest BCUT2D eigenvalue weighted by Crippen LogP contribution is -2.34. The number of carbonyl (C=O) groups excluding carboxylic acids is 10. The number of nitrogens with two attached hydrogens (primary N) is 1. The molecule has 0 saturated heterocycles. The monoisotopic (exact) mass is 1540 g/mol. The summed E-state index contributed by atoms with van der Waals surface area (Å²) in [7, 11) is -12.2. The normalized spacial score (nSPS) is 14.0. The number of phosphoric ester groups is 2. The fraction of sp³-hybridized carbons (Fsp3) is 0.818. The minimum atomic E-state index is -4.48. The first-order valence-electron chi connectivity index (χ1n) is 29.4. The fourth-order valence-electron chi connectivity index (χ4n) is 4.79. The van der Waals surface area contributed by atoms with E-state index in [-0.39, 0.29) is 104 Å². The third kappa shape index (κ3) is 68.5. The van der Waals surface area contributed by atoms with Crippen molar-refractivity contribution in [1.29, 1.82) is 0 Å². The quantitative estimate of drug-likeness (QED) is 0.00752. The fourth-order valence-corrected chi connectivity index (χ4v) is 7.24. The van der Waals surface area contributed by atoms with Crippen molar-refractivity contribution in [2.24, 2.45) is 5.73 Å². The van der Waals surface area contributed by atoms with E-state index < -0.39 is 137 Å². The van der Waals surface area contributed by atoms with Crippen LogP contribution in [-0.4, -0.2) is 202 Å². The zero-order valence-corrected chi connectivity index (χ0v) is 62.7. The molecule has 2 amide bonds. The Labute approximate surface area is 565 Å². The molecule has 554 valence electrons. The van der Waals surface area contributed by atoms with Gasteiger partial charge in [0.05, 0.1) is 39.6 Å². The Morgan fingerprint density at radius 3 is 0.936 bits per heavy atom. The van der Waals surface area contributed by atoms with Crippen molar-refractivity contribution < 1.29 is 151 Å². The maximum atomic E-state index is 12.3. The van der Waals surface area contributed by atoms with Crippen LogP contribution >= 0.6 is 45.8 Å². The molecule has 39 heteroatoms. The van der Waals surface area contributed by atoms with Crippen LogP contribution < -0.4 is 16.4 Å². The number of alkyl carbamates (subject to hydrolysis) is 2. The predicted molar refractivity (Wildman–Crippen MR) is 344 cm³/mol. The molecule has 0 aliphatic rings. The van der Waals surface area contributed by atoms with E-state index in [1.807, 2.05) is 4.93 Å². The van der Waals surface area contributed by atoms with Crippen LogP contribution in [-0.2, 0) is 122 Å². The molecule has 6 unspecified atom stereocenters. The second-order valence-corrected chi connectivity index (χ2v) is 27.2. The van der Waals surface area contributed by atoms with Crippen molar-refractivity contribution >= 4 is 106 Å². The van der Waals surface area contributed by atoms with Crippen LogP contribution in [0.1, 0.15) is 163 Å². The van der Waals surface area contributed by atoms with Gasteiger partial charge in [-0.2, -0.15) is 0 Å². The highest BCUT2D eigenvalue weighted by molar-refractivity contribution is 14.1. The number of halogens is 1. The molecular formula is C55H105IN3O32P3. The third-order valence-corrected chi connectivity index (χ3v) is 11.9. The van der Waals surface area contributed by atoms with Crippen LogP contribution in [0.5, 0.6) is 0 Å². The van der Waals surface area contributed by atoms with Crippen LogP contribution in [0, 0.1) is 0 Å². The Hall–Kier alpha value is -4.84. The average molecular weight is 1540 g/mol. The van der Waals surface area contributed by atoms with Crippen LogP contribution in [0.4, 0.5) is 19.2 Å². The van der Waals surface area contributed by atoms with Gasteiger partial charge in [0, 0.05) is 64.8 Å². The number of nitrogens with one attached hydrogen (secondary N) is 2. The number of esters is 6. The molecule has 0 aliphatic heterocycles. The number of amides is 2. The molecule has 0 saturated carbocycles. The van der Waals surface area contributed by atoms with Crippen molar-refractivity contribution in [2.75, 3.05) is 90.7 Å². The highest BCUT2D eigenvalue weighted by Gasteiger charge is 2.29. The minimum Gasteiger partial charge on any atom is -0.462 e. The topological polar surface area (TPSA) is 469 Å². The first-order valence-corrected chi connectivity index (χ1v) is 36.5. The Balaban J connectivity index is -0.000000380. The number of hydrogen-bond donors (Lipinski definition) is 5. The highest BCUT2D eigenvalue weighted by Crippen LogP contribution is 2.45. The highest BCUT2D eigenvalue weighted by atomic mass is 127. The second kappa shape index (κ2) is 52.3. The number of ether oxygens (including phenoxy) is 11. The number of alkyl halides is 1. The lowest BCUT2D eigenvalue weighted by molar-refractivity contribution is -0.160. The van der Waals surface area contributed by atoms with Gasteiger partial charge >= 0.3 is 83.6 Å². The van der Waals surface area contributed by atoms with E-state index in [4.69, 9.17) is 71.2 Å². The summed E-state index contributed by atoms with van der Waals surface area (Å²) >= 11 is 2.15. The SMILES string of the molecule is CC(C)(C)OC(=O)OC(=O)OC(C)(C)C.CCC(=O)OCC(COP(=O)(O)OCCN)OC(=O)CC.CCC(=O)OCC(COP(=O)(O)OCCNC(=O)OC(C)(C)C)OC(=O)CC.CCC(=O)OCC(COP(C)(=O)OCCNC(=O)OC(C)(C)C)OC(=O)CC.CI. The van der Waals surface area contributed by atoms with Gasteiger partial charge in [-0.05, 0) is 88.0 Å². The maximum Gasteiger partial charge on any atom is 0.519 e. The van der Waals surface area contributed by atoms with E-state index in [1.165, 1.54) is 6.66 Å². The van der Waals surface area contributed by atoms with E-state index in [9.17, 15) is 71.4 Å². The largest absolute Gasteiger partial charge is 0.519 e. The Morgan fingerprint density at radius 1 is 0.404 bits per heavy atom. The van der Waals surface area contributed by atoms with Gasteiger partial charge in [0.2, 0.25) is 0 Å². The van der Waals surface area contributed by atoms with Gasteiger partial charge in [-0.25, -0.2) is 28.3 Å². The smallest absolute Gasteiger partial charge is 0.462 e. The van der Waals surface area contributed by atoms with Crippen LogP contribution in [0.15, 0.2) is 0 Å². The first-order chi connectivity index (χ1) is 43.1. The number of carbonyl (C=O) groups is 10. The summed E-state index contributed by atoms with van der Waals surface area (Å²) in [5.74, 6) is -3.10. The van der Waals surface area contributed by atoms with Gasteiger partial charge < -0.3 is 87.3 Å². The molecule has 0 aromatic rings. The zero-order chi connectivity index (χ0) is 74.2. The number of phosphoric acid groups is 2. The van der Waals surface area contributed by atoms with Crippen molar-refractivity contribution in [2.45, 2.75) is 204 Å². The van der Waals surface area contributed by atoms with Crippen molar-refractivity contribution in [3.8, 4) is 0 Å². The molecular weight excluding hydrogens is 1430 g/mol. The van der Waals surface area contributed by atoms with Crippen LogP contribution in [0.3, 0.4) is 0 Å². The van der Waals surface area contributed by atoms with E-state index in [1.54, 1.807) is 125 Å². The van der Waals surface area contributed by atoms with E-state index in [0.717, 1.165) is 0 Å². The summed E-state index contributed by atoms with van der Waals surface area (Å²) < 4.78 is 118. The van der Waals surface area contributed by atoms with Gasteiger partial charge in [0.15, 0.2) is 18.3 Å². The summed E-state index contributed by atoms with van der Waals surface area (Å²) in [5, 5.41) is 4.81. The second-order valence-electron chi connectivity index (χ2n) is 22.3. The van der Waals surface area contributed by atoms with Crippen molar-refractivity contribution in [1.82, 2.24) is 10.6 Å². The maximum absolute atomic E-state index is 12.3. The van der Waals surface area contributed by atoms with Gasteiger partial charge in [0.1, 0.15) is 42.2 Å². The molecule has 0 radical (unpaired) electrons. The van der Waals surface area contributed by atoms with Crippen molar-refractivity contribution in [3.05, 3.63) is 0 Å². The summed E-state index contributed by atoms with van der Waals surface area (Å²) in [6.07, 6.45) is -5.61. The first kappa shape index (κ1) is 97.8. The summed E-state index contributed by atoms with van der Waals surface area (Å²) in [5.41, 5.74) is 2.44. The molecule has 94 heavy (non-hydrogen) atoms. The minimum absolute atomic E-state index is 0.0519. The van der Waals surface area contributed by atoms with Gasteiger partial charge in [-0.3, -0.25) is 51.4 Å². The van der Waals surface area contributed by atoms with Gasteiger partial charge in [0.25, 0.3) is 0 Å². The van der Waals surface area contributed by atoms with E-state index >= 15 is 0 Å². The molecule has 0 bridgehead atoms. The lowest BCUT2D eigenvalue weighted by atomic mass is 10.2. The Kier molecular flexibility index (Phi) is 54.4. The summed E-state index contributed by atoms with van der Waals surface area (Å²) in [6, 6.07) is 0. The lowest BCUT2D eigenvalue weighted by Gasteiger charge is -2.21. The molecule has 35 nitrogen and oxygen atoms in total. The van der Waals surface area contributed by atoms with Gasteiger partial charge in [-0.1, -0.05) is 64.1 Å². The Morgan fingerprint density at radius 2 is 0.670 bits per heavy atom. The Bertz CT molecular complexity index is 2250. The third-order valence-electron chi connectivity index (χ3n) is 8.70. The van der Waals surface area contributed by atoms with E-state index in [2.05, 4.69) is 47.0 Å². The molecule has 6 N–H and O–H groups in total. The van der Waals surface area contributed by atoms with Crippen molar-refractivity contribution in [3.63, 3.8) is 0 Å². The molecule has 0 aromatic heterocycles. The molecule has 0 aromatic carbocycles. The zero-order valence-electron chi connectivity index (χ0n) is 57.9. The number of hydrogen-bond acceptors (Lipinski definition) is 31. The molecule has 0 rings (SSSR count). The average Bonchev–Trinajstić information content (AvgIpc) is 1.09. The molecule has 0 fully saturated rings. The van der Waals surface area contributed by atoms with Crippen LogP contribution in [0.25, 0.3) is 0 Å². The summed E-state index contributed by atoms with van der Waals surface area (Å²) in [6.45, 7) is 28.6. The standard InChI is InChI=1S/C17H32NO9P.C16H30NO10P.C11H22NO8P.C10H18O5.CH3I/c1-7-14(19)23-11-13(26-15(20)8-2)12-25-28(6,22)24-10-9-18-16(21)27-17(3,4)5;1-6-13(18)23-10-12(26-14(19)7-2)11-25-28(21,22)24-9-8-17-15(20)27-16(3,4)5;1-3-10(13)17-7-9(20-11(14)4-2)8-19-21(15,16)18-6-5-12;1-9(2,3)14-7(11)13-8(12)15-10(4,5)6;1-2/h13H,7-12H2,1-6H3,(H,18,21);12H,6-11H2,1-5H3,(H,17,20)(H,21,22);9H,3-8,12H2,1-2H3,(H,15,16);1-6H3;1H3. The molecule has 6 atom stereocenters. The number of rotatable bonds is 35. The summed E-state index contributed by atoms with van der Waals surface area (Å²) in [4.78, 5) is 134. The molecule has 0 aliphatic carbocycles. The van der Waals surface area contributed by atoms with Crippen LogP contribution in [0.2, 0.25) is 0 Å². The van der Waals surface area contributed by atoms with Gasteiger partial charge in [-0.15, -0.1) is 0 Å². The van der Waals surface area contributed by atoms with E-state index in [0.29, 0.717) is 0 Å². The predicted octanol–water partition coefficient (Wildman–Crippen LogP) is 8.84. The molecule has 0 heterocycles. The molecule has 0 spiro atoms.